The summed E-state index contributed by atoms with van der Waals surface area (Å²) in [5.74, 6) is -1.35. The molecule has 0 aromatic heterocycles. The monoisotopic (exact) mass is 576 g/mol. The summed E-state index contributed by atoms with van der Waals surface area (Å²) >= 11 is 0. The molecular formula is C34H36N6O3. The van der Waals surface area contributed by atoms with Crippen LogP contribution in [-0.2, 0) is 14.4 Å². The molecule has 43 heavy (non-hydrogen) atoms. The molecule has 0 unspecified atom stereocenters. The largest absolute Gasteiger partial charge is 0.368 e. The van der Waals surface area contributed by atoms with Crippen LogP contribution in [0.5, 0.6) is 0 Å². The van der Waals surface area contributed by atoms with Crippen LogP contribution in [0, 0.1) is 0 Å². The molecule has 4 rings (SSSR count). The number of anilines is 1. The molecule has 2 atom stereocenters. The molecule has 9 nitrogen and oxygen atoms in total. The van der Waals surface area contributed by atoms with Crippen molar-refractivity contribution in [3.63, 3.8) is 0 Å². The minimum atomic E-state index is -0.638. The summed E-state index contributed by atoms with van der Waals surface area (Å²) in [4.78, 5) is 42.2. The number of nitrogens with one attached hydrogen (secondary N) is 1. The van der Waals surface area contributed by atoms with Crippen molar-refractivity contribution >= 4 is 34.8 Å². The molecule has 0 spiro atoms. The van der Waals surface area contributed by atoms with Crippen LogP contribution in [-0.4, -0.2) is 42.3 Å². The van der Waals surface area contributed by atoms with Gasteiger partial charge in [-0.1, -0.05) is 78.9 Å². The highest BCUT2D eigenvalue weighted by atomic mass is 16.2. The summed E-state index contributed by atoms with van der Waals surface area (Å²) in [5.41, 5.74) is 9.24. The van der Waals surface area contributed by atoms with Crippen molar-refractivity contribution in [3.8, 4) is 0 Å². The van der Waals surface area contributed by atoms with Gasteiger partial charge in [0, 0.05) is 11.7 Å². The summed E-state index contributed by atoms with van der Waals surface area (Å²) < 4.78 is 0. The van der Waals surface area contributed by atoms with Crippen molar-refractivity contribution in [2.24, 2.45) is 16.0 Å². The van der Waals surface area contributed by atoms with Crippen LogP contribution in [0.15, 0.2) is 125 Å². The average molecular weight is 577 g/mol. The predicted octanol–water partition coefficient (Wildman–Crippen LogP) is 5.86. The lowest BCUT2D eigenvalue weighted by molar-refractivity contribution is -0.136. The maximum Gasteiger partial charge on any atom is 0.243 e. The molecule has 0 aliphatic rings. The molecule has 0 saturated heterocycles. The Morgan fingerprint density at radius 2 is 1.19 bits per heavy atom. The van der Waals surface area contributed by atoms with E-state index < -0.39 is 17.9 Å². The zero-order valence-electron chi connectivity index (χ0n) is 24.3. The van der Waals surface area contributed by atoms with E-state index >= 15 is 0 Å². The van der Waals surface area contributed by atoms with Crippen LogP contribution >= 0.6 is 0 Å². The number of nitrogens with two attached hydrogens (primary N) is 1. The fourth-order valence-corrected chi connectivity index (χ4v) is 4.57. The van der Waals surface area contributed by atoms with Gasteiger partial charge >= 0.3 is 0 Å². The SMILES string of the molecule is C[C@H](NCC(=O)N(CC(=O)N(CC(N)=O)[C@@H](C)c1ccccc1)c1ccc(N=Nc2ccccc2)cc1)c1ccccc1. The normalized spacial score (nSPS) is 12.4. The number of carbonyl (C=O) groups is 3. The van der Waals surface area contributed by atoms with Gasteiger partial charge in [-0.2, -0.15) is 10.2 Å². The molecule has 220 valence electrons. The van der Waals surface area contributed by atoms with E-state index in [2.05, 4.69) is 15.5 Å². The Morgan fingerprint density at radius 1 is 0.674 bits per heavy atom. The second kappa shape index (κ2) is 15.2. The van der Waals surface area contributed by atoms with E-state index in [1.807, 2.05) is 105 Å². The van der Waals surface area contributed by atoms with Crippen LogP contribution in [0.4, 0.5) is 17.1 Å². The Balaban J connectivity index is 1.57. The molecule has 0 radical (unpaired) electrons. The lowest BCUT2D eigenvalue weighted by Gasteiger charge is -2.31. The summed E-state index contributed by atoms with van der Waals surface area (Å²) in [6.07, 6.45) is 0. The number of nitrogens with zero attached hydrogens (tertiary/aromatic N) is 4. The number of amides is 3. The van der Waals surface area contributed by atoms with Crippen molar-refractivity contribution in [2.45, 2.75) is 25.9 Å². The van der Waals surface area contributed by atoms with E-state index in [1.165, 1.54) is 9.80 Å². The van der Waals surface area contributed by atoms with E-state index in [0.29, 0.717) is 11.4 Å². The van der Waals surface area contributed by atoms with Gasteiger partial charge in [0.2, 0.25) is 17.7 Å². The molecule has 0 heterocycles. The molecule has 0 fully saturated rings. The Kier molecular flexibility index (Phi) is 10.9. The minimum Gasteiger partial charge on any atom is -0.368 e. The first-order chi connectivity index (χ1) is 20.8. The zero-order chi connectivity index (χ0) is 30.6. The Bertz CT molecular complexity index is 1510. The van der Waals surface area contributed by atoms with Gasteiger partial charge in [-0.3, -0.25) is 14.4 Å². The van der Waals surface area contributed by atoms with Gasteiger partial charge in [0.1, 0.15) is 6.54 Å². The first-order valence-corrected chi connectivity index (χ1v) is 14.1. The van der Waals surface area contributed by atoms with Crippen molar-refractivity contribution in [1.82, 2.24) is 10.2 Å². The average Bonchev–Trinajstić information content (AvgIpc) is 3.05. The molecular weight excluding hydrogens is 540 g/mol. The van der Waals surface area contributed by atoms with E-state index in [1.54, 1.807) is 24.3 Å². The summed E-state index contributed by atoms with van der Waals surface area (Å²) in [6, 6.07) is 34.9. The molecule has 4 aromatic rings. The second-order valence-electron chi connectivity index (χ2n) is 10.1. The second-order valence-corrected chi connectivity index (χ2v) is 10.1. The first kappa shape index (κ1) is 30.8. The summed E-state index contributed by atoms with van der Waals surface area (Å²) in [6.45, 7) is 3.23. The van der Waals surface area contributed by atoms with Crippen molar-refractivity contribution < 1.29 is 14.4 Å². The van der Waals surface area contributed by atoms with E-state index in [9.17, 15) is 14.4 Å². The van der Waals surface area contributed by atoms with Crippen LogP contribution < -0.4 is 16.0 Å². The first-order valence-electron chi connectivity index (χ1n) is 14.1. The van der Waals surface area contributed by atoms with Gasteiger partial charge in [-0.15, -0.1) is 0 Å². The van der Waals surface area contributed by atoms with Gasteiger partial charge in [0.25, 0.3) is 0 Å². The van der Waals surface area contributed by atoms with Crippen molar-refractivity contribution in [1.29, 1.82) is 0 Å². The maximum atomic E-state index is 13.7. The quantitative estimate of drug-likeness (QED) is 0.194. The van der Waals surface area contributed by atoms with Gasteiger partial charge in [0.15, 0.2) is 0 Å². The number of carbonyl (C=O) groups excluding carboxylic acids is 3. The number of primary amides is 1. The molecule has 4 aromatic carbocycles. The number of hydrogen-bond donors (Lipinski definition) is 2. The number of rotatable bonds is 13. The molecule has 3 amide bonds. The van der Waals surface area contributed by atoms with Crippen LogP contribution in [0.2, 0.25) is 0 Å². The van der Waals surface area contributed by atoms with E-state index in [-0.39, 0.29) is 31.6 Å². The third-order valence-corrected chi connectivity index (χ3v) is 7.05. The number of hydrogen-bond acceptors (Lipinski definition) is 6. The molecule has 9 heteroatoms. The smallest absolute Gasteiger partial charge is 0.243 e. The van der Waals surface area contributed by atoms with Crippen LogP contribution in [0.25, 0.3) is 0 Å². The van der Waals surface area contributed by atoms with E-state index in [0.717, 1.165) is 16.8 Å². The lowest BCUT2D eigenvalue weighted by Crippen LogP contribution is -2.48. The highest BCUT2D eigenvalue weighted by Gasteiger charge is 2.27. The third kappa shape index (κ3) is 8.92. The molecule has 3 N–H and O–H groups in total. The Morgan fingerprint density at radius 3 is 1.74 bits per heavy atom. The molecule has 0 aliphatic carbocycles. The van der Waals surface area contributed by atoms with Gasteiger partial charge in [-0.05, 0) is 61.4 Å². The summed E-state index contributed by atoms with van der Waals surface area (Å²) in [7, 11) is 0. The van der Waals surface area contributed by atoms with Crippen LogP contribution in [0.1, 0.15) is 37.1 Å². The lowest BCUT2D eigenvalue weighted by atomic mass is 10.1. The highest BCUT2D eigenvalue weighted by molar-refractivity contribution is 6.00. The fraction of sp³-hybridized carbons (Fsp3) is 0.206. The predicted molar refractivity (Wildman–Crippen MR) is 168 cm³/mol. The third-order valence-electron chi connectivity index (χ3n) is 7.05. The molecule has 0 saturated carbocycles. The maximum absolute atomic E-state index is 13.7. The van der Waals surface area contributed by atoms with Gasteiger partial charge in [-0.25, -0.2) is 0 Å². The number of benzene rings is 4. The standard InChI is InChI=1S/C34H36N6O3/c1-25(27-12-6-3-7-13-27)36-22-33(42)40(31-20-18-30(19-21-31)38-37-29-16-10-5-11-17-29)24-34(43)39(23-32(35)41)26(2)28-14-8-4-9-15-28/h3-21,25-26,36H,22-24H2,1-2H3,(H2,35,41)/t25-,26-/m0/s1. The number of azo groups is 1. The fourth-order valence-electron chi connectivity index (χ4n) is 4.57. The Labute approximate surface area is 252 Å². The van der Waals surface area contributed by atoms with Crippen molar-refractivity contribution in [2.75, 3.05) is 24.5 Å². The van der Waals surface area contributed by atoms with Crippen molar-refractivity contribution in [3.05, 3.63) is 126 Å². The van der Waals surface area contributed by atoms with Crippen LogP contribution in [0.3, 0.4) is 0 Å². The van der Waals surface area contributed by atoms with Gasteiger partial charge < -0.3 is 20.9 Å². The molecule has 0 bridgehead atoms. The minimum absolute atomic E-state index is 0.0110. The highest BCUT2D eigenvalue weighted by Crippen LogP contribution is 2.25. The topological polar surface area (TPSA) is 120 Å². The zero-order valence-corrected chi connectivity index (χ0v) is 24.3. The molecule has 0 aliphatic heterocycles. The summed E-state index contributed by atoms with van der Waals surface area (Å²) in [5, 5.41) is 11.8. The van der Waals surface area contributed by atoms with E-state index in [4.69, 9.17) is 5.73 Å². The van der Waals surface area contributed by atoms with Gasteiger partial charge in [0.05, 0.1) is 30.5 Å². The Hall–Kier alpha value is -5.15.